The Bertz CT molecular complexity index is 708. The molecule has 0 spiro atoms. The van der Waals surface area contributed by atoms with Crippen LogP contribution in [0.2, 0.25) is 0 Å². The van der Waals surface area contributed by atoms with Crippen LogP contribution >= 0.6 is 0 Å². The minimum absolute atomic E-state index is 0.0323. The van der Waals surface area contributed by atoms with Crippen molar-refractivity contribution >= 4 is 17.4 Å². The van der Waals surface area contributed by atoms with Crippen molar-refractivity contribution in [2.45, 2.75) is 26.2 Å². The molecule has 0 unspecified atom stereocenters. The molecule has 0 bridgehead atoms. The van der Waals surface area contributed by atoms with Gasteiger partial charge in [0, 0.05) is 12.2 Å². The number of aryl methyl sites for hydroxylation is 2. The Balaban J connectivity index is 1.78. The number of ketones is 1. The summed E-state index contributed by atoms with van der Waals surface area (Å²) in [5, 5.41) is 0. The molecule has 114 valence electrons. The first-order valence-corrected chi connectivity index (χ1v) is 7.78. The number of hydrogen-bond acceptors (Lipinski definition) is 4. The number of ether oxygens (including phenoxy) is 1. The Kier molecular flexibility index (Phi) is 2.96. The number of amides is 1. The van der Waals surface area contributed by atoms with Gasteiger partial charge in [-0.3, -0.25) is 14.5 Å². The molecule has 0 N–H and O–H groups in total. The molecule has 5 nitrogen and oxygen atoms in total. The van der Waals surface area contributed by atoms with Crippen molar-refractivity contribution in [2.24, 2.45) is 0 Å². The largest absolute Gasteiger partial charge is 0.470 e. The average molecular weight is 298 g/mol. The van der Waals surface area contributed by atoms with Gasteiger partial charge in [0.15, 0.2) is 6.61 Å². The van der Waals surface area contributed by atoms with Gasteiger partial charge in [0.25, 0.3) is 5.91 Å². The van der Waals surface area contributed by atoms with E-state index in [0.717, 1.165) is 18.5 Å². The highest BCUT2D eigenvalue weighted by Gasteiger charge is 2.41. The van der Waals surface area contributed by atoms with E-state index in [1.165, 1.54) is 17.5 Å². The summed E-state index contributed by atoms with van der Waals surface area (Å²) < 4.78 is 5.53. The zero-order valence-electron chi connectivity index (χ0n) is 12.6. The zero-order chi connectivity index (χ0) is 15.3. The summed E-state index contributed by atoms with van der Waals surface area (Å²) in [5.41, 5.74) is 3.97. The summed E-state index contributed by atoms with van der Waals surface area (Å²) in [4.78, 5) is 28.0. The Morgan fingerprint density at radius 1 is 1.18 bits per heavy atom. The van der Waals surface area contributed by atoms with Gasteiger partial charge in [0.05, 0.1) is 0 Å². The van der Waals surface area contributed by atoms with Crippen molar-refractivity contribution < 1.29 is 14.3 Å². The van der Waals surface area contributed by atoms with E-state index in [-0.39, 0.29) is 23.9 Å². The molecule has 5 heteroatoms. The number of likely N-dealkylation sites (N-methyl/N-ethyl adjacent to an activating group) is 1. The topological polar surface area (TPSA) is 49.9 Å². The number of carbonyl (C=O) groups excluding carboxylic acids is 2. The highest BCUT2D eigenvalue weighted by atomic mass is 16.5. The van der Waals surface area contributed by atoms with E-state index in [1.54, 1.807) is 4.90 Å². The van der Waals surface area contributed by atoms with Crippen LogP contribution in [0.4, 0.5) is 5.69 Å². The third-order valence-electron chi connectivity index (χ3n) is 4.67. The van der Waals surface area contributed by atoms with Crippen LogP contribution in [-0.4, -0.2) is 36.4 Å². The van der Waals surface area contributed by atoms with Gasteiger partial charge >= 0.3 is 0 Å². The summed E-state index contributed by atoms with van der Waals surface area (Å²) in [7, 11) is 0. The number of anilines is 1. The molecular weight excluding hydrogens is 280 g/mol. The summed E-state index contributed by atoms with van der Waals surface area (Å²) in [6.45, 7) is 2.89. The summed E-state index contributed by atoms with van der Waals surface area (Å²) in [5.74, 6) is -0.000586. The second-order valence-electron chi connectivity index (χ2n) is 5.93. The lowest BCUT2D eigenvalue weighted by molar-refractivity contribution is -0.129. The summed E-state index contributed by atoms with van der Waals surface area (Å²) in [6.07, 6.45) is 3.43. The number of benzene rings is 1. The van der Waals surface area contributed by atoms with Crippen molar-refractivity contribution in [1.29, 1.82) is 0 Å². The number of hydrogen-bond donors (Lipinski definition) is 0. The number of fused-ring (bicyclic) bond motifs is 1. The number of nitrogens with zero attached hydrogens (tertiary/aromatic N) is 2. The highest BCUT2D eigenvalue weighted by Crippen LogP contribution is 2.34. The zero-order valence-corrected chi connectivity index (χ0v) is 12.6. The normalized spacial score (nSPS) is 20.4. The van der Waals surface area contributed by atoms with Crippen LogP contribution in [-0.2, 0) is 27.2 Å². The molecule has 0 saturated heterocycles. The quantitative estimate of drug-likeness (QED) is 0.778. The molecule has 22 heavy (non-hydrogen) atoms. The van der Waals surface area contributed by atoms with Crippen molar-refractivity contribution in [3.05, 3.63) is 40.8 Å². The molecule has 0 radical (unpaired) electrons. The van der Waals surface area contributed by atoms with E-state index in [4.69, 9.17) is 4.74 Å². The van der Waals surface area contributed by atoms with Crippen molar-refractivity contribution in [3.8, 4) is 0 Å². The fourth-order valence-corrected chi connectivity index (χ4v) is 3.45. The second kappa shape index (κ2) is 4.87. The van der Waals surface area contributed by atoms with E-state index in [1.807, 2.05) is 11.8 Å². The van der Waals surface area contributed by atoms with Gasteiger partial charge in [-0.15, -0.1) is 0 Å². The van der Waals surface area contributed by atoms with Gasteiger partial charge in [0.2, 0.25) is 11.7 Å². The lowest BCUT2D eigenvalue weighted by Gasteiger charge is -2.35. The SMILES string of the molecule is CCN1CN(c2ccc3c(c2)CCC3)C2=C(C(=O)CO2)C1=O. The van der Waals surface area contributed by atoms with E-state index in [2.05, 4.69) is 18.2 Å². The predicted molar refractivity (Wildman–Crippen MR) is 81.2 cm³/mol. The first kappa shape index (κ1) is 13.4. The lowest BCUT2D eigenvalue weighted by Crippen LogP contribution is -2.47. The maximum atomic E-state index is 12.4. The molecule has 0 aromatic heterocycles. The van der Waals surface area contributed by atoms with Crippen molar-refractivity contribution in [1.82, 2.24) is 4.90 Å². The smallest absolute Gasteiger partial charge is 0.264 e. The van der Waals surface area contributed by atoms with Gasteiger partial charge in [-0.05, 0) is 49.4 Å². The maximum absolute atomic E-state index is 12.4. The first-order valence-electron chi connectivity index (χ1n) is 7.78. The van der Waals surface area contributed by atoms with Gasteiger partial charge < -0.3 is 9.64 Å². The Hall–Kier alpha value is -2.30. The fraction of sp³-hybridized carbons (Fsp3) is 0.412. The third-order valence-corrected chi connectivity index (χ3v) is 4.67. The minimum Gasteiger partial charge on any atom is -0.470 e. The van der Waals surface area contributed by atoms with E-state index in [9.17, 15) is 9.59 Å². The number of carbonyl (C=O) groups is 2. The lowest BCUT2D eigenvalue weighted by atomic mass is 10.1. The van der Waals surface area contributed by atoms with Crippen LogP contribution in [0.5, 0.6) is 0 Å². The van der Waals surface area contributed by atoms with Gasteiger partial charge in [-0.25, -0.2) is 0 Å². The van der Waals surface area contributed by atoms with E-state index in [0.29, 0.717) is 19.1 Å². The molecule has 4 rings (SSSR count). The van der Waals surface area contributed by atoms with Crippen LogP contribution in [0.3, 0.4) is 0 Å². The minimum atomic E-state index is -0.218. The van der Waals surface area contributed by atoms with Gasteiger partial charge in [-0.2, -0.15) is 0 Å². The summed E-state index contributed by atoms with van der Waals surface area (Å²) in [6, 6.07) is 6.38. The Labute approximate surface area is 129 Å². The van der Waals surface area contributed by atoms with Crippen LogP contribution in [0.1, 0.15) is 24.5 Å². The first-order chi connectivity index (χ1) is 10.7. The average Bonchev–Trinajstić information content (AvgIpc) is 3.14. The molecule has 2 heterocycles. The Morgan fingerprint density at radius 2 is 2.00 bits per heavy atom. The van der Waals surface area contributed by atoms with Gasteiger partial charge in [-0.1, -0.05) is 6.07 Å². The molecule has 0 saturated carbocycles. The predicted octanol–water partition coefficient (Wildman–Crippen LogP) is 1.61. The molecule has 0 atom stereocenters. The van der Waals surface area contributed by atoms with Crippen LogP contribution in [0.25, 0.3) is 0 Å². The van der Waals surface area contributed by atoms with E-state index >= 15 is 0 Å². The second-order valence-corrected chi connectivity index (χ2v) is 5.93. The van der Waals surface area contributed by atoms with E-state index < -0.39 is 0 Å². The standard InChI is InChI=1S/C17H18N2O3/c1-2-18-10-19(17-15(16(18)21)14(20)9-22-17)13-7-6-11-4-3-5-12(11)8-13/h6-8H,2-5,9-10H2,1H3. The molecule has 2 aliphatic heterocycles. The van der Waals surface area contributed by atoms with Crippen LogP contribution in [0.15, 0.2) is 29.7 Å². The van der Waals surface area contributed by atoms with Crippen LogP contribution < -0.4 is 4.90 Å². The molecule has 1 amide bonds. The van der Waals surface area contributed by atoms with Crippen LogP contribution in [0, 0.1) is 0 Å². The number of rotatable bonds is 2. The Morgan fingerprint density at radius 3 is 2.82 bits per heavy atom. The summed E-state index contributed by atoms with van der Waals surface area (Å²) >= 11 is 0. The monoisotopic (exact) mass is 298 g/mol. The van der Waals surface area contributed by atoms with Gasteiger partial charge in [0.1, 0.15) is 12.2 Å². The maximum Gasteiger partial charge on any atom is 0.264 e. The molecule has 0 fully saturated rings. The van der Waals surface area contributed by atoms with Crippen molar-refractivity contribution in [3.63, 3.8) is 0 Å². The van der Waals surface area contributed by atoms with Crippen molar-refractivity contribution in [2.75, 3.05) is 24.7 Å². The fourth-order valence-electron chi connectivity index (χ4n) is 3.45. The molecule has 1 aromatic carbocycles. The third kappa shape index (κ3) is 1.85. The molecular formula is C17H18N2O3. The molecule has 1 aliphatic carbocycles. The molecule has 3 aliphatic rings. The highest BCUT2D eigenvalue weighted by molar-refractivity contribution is 6.22. The molecule has 1 aromatic rings. The number of Topliss-reactive ketones (excluding diaryl/α,β-unsaturated/α-hetero) is 1.